The number of carbonyl (C=O) groups excluding carboxylic acids is 1. The number of nitrogens with one attached hydrogen (secondary N) is 1. The standard InChI is InChI=1S/C28H34Cl2N2O3/c1-32(17-19-5-6-19)12-11-27(21-3-2-4-23(33)15-21)16-22(9-10-28(27,35)18-32)31-26(34)14-20-7-8-24(29)25(30)13-20/h2-4,7-8,13,15,19,22,35H,5-6,9-12,14,16-18H2,1H3,(H-,31,33,34)/p+1/t22-,27+,28?,32-/m1/s1. The van der Waals surface area contributed by atoms with E-state index in [-0.39, 0.29) is 24.1 Å². The first-order valence-electron chi connectivity index (χ1n) is 12.7. The number of likely N-dealkylation sites (tertiary alicyclic amines) is 1. The van der Waals surface area contributed by atoms with Gasteiger partial charge in [0.05, 0.1) is 36.6 Å². The number of benzene rings is 2. The third-order valence-corrected chi connectivity index (χ3v) is 9.36. The summed E-state index contributed by atoms with van der Waals surface area (Å²) in [6.07, 6.45) is 5.67. The number of aliphatic hydroxyl groups is 1. The molecule has 7 heteroatoms. The van der Waals surface area contributed by atoms with E-state index in [1.165, 1.54) is 12.8 Å². The van der Waals surface area contributed by atoms with Gasteiger partial charge in [-0.3, -0.25) is 4.79 Å². The molecule has 0 aromatic heterocycles. The summed E-state index contributed by atoms with van der Waals surface area (Å²) in [5.41, 5.74) is 0.402. The summed E-state index contributed by atoms with van der Waals surface area (Å²) in [5.74, 6) is 0.940. The summed E-state index contributed by atoms with van der Waals surface area (Å²) < 4.78 is 0.899. The number of aromatic hydroxyl groups is 1. The van der Waals surface area contributed by atoms with E-state index in [2.05, 4.69) is 12.4 Å². The van der Waals surface area contributed by atoms with Gasteiger partial charge in [-0.2, -0.15) is 0 Å². The van der Waals surface area contributed by atoms with Gasteiger partial charge in [0, 0.05) is 23.8 Å². The highest BCUT2D eigenvalue weighted by molar-refractivity contribution is 6.42. The molecule has 35 heavy (non-hydrogen) atoms. The van der Waals surface area contributed by atoms with Crippen LogP contribution in [0.25, 0.3) is 0 Å². The number of phenolic OH excluding ortho intramolecular Hbond substituents is 1. The molecule has 188 valence electrons. The Hall–Kier alpha value is -1.79. The first-order chi connectivity index (χ1) is 16.6. The molecule has 3 N–H and O–H groups in total. The first kappa shape index (κ1) is 24.9. The fraction of sp³-hybridized carbons (Fsp3) is 0.536. The molecular weight excluding hydrogens is 483 g/mol. The number of nitrogens with zero attached hydrogens (tertiary/aromatic N) is 1. The molecule has 0 bridgehead atoms. The zero-order chi connectivity index (χ0) is 24.8. The zero-order valence-electron chi connectivity index (χ0n) is 20.3. The molecule has 1 amide bonds. The van der Waals surface area contributed by atoms with Crippen molar-refractivity contribution in [2.45, 2.75) is 62.0 Å². The van der Waals surface area contributed by atoms with Crippen molar-refractivity contribution in [3.63, 3.8) is 0 Å². The highest BCUT2D eigenvalue weighted by Gasteiger charge is 2.61. The lowest BCUT2D eigenvalue weighted by Crippen LogP contribution is -2.71. The Kier molecular flexibility index (Phi) is 6.58. The van der Waals surface area contributed by atoms with Gasteiger partial charge in [-0.1, -0.05) is 41.4 Å². The molecule has 2 aromatic carbocycles. The fourth-order valence-corrected chi connectivity index (χ4v) is 7.07. The molecule has 0 radical (unpaired) electrons. The van der Waals surface area contributed by atoms with Crippen molar-refractivity contribution in [2.24, 2.45) is 5.92 Å². The lowest BCUT2D eigenvalue weighted by Gasteiger charge is -2.59. The summed E-state index contributed by atoms with van der Waals surface area (Å²) in [7, 11) is 2.29. The van der Waals surface area contributed by atoms with Crippen molar-refractivity contribution < 1.29 is 19.5 Å². The lowest BCUT2D eigenvalue weighted by atomic mass is 9.55. The van der Waals surface area contributed by atoms with Crippen LogP contribution in [-0.2, 0) is 16.6 Å². The van der Waals surface area contributed by atoms with Crippen molar-refractivity contribution in [2.75, 3.05) is 26.7 Å². The number of piperidine rings is 1. The lowest BCUT2D eigenvalue weighted by molar-refractivity contribution is -0.925. The van der Waals surface area contributed by atoms with E-state index in [1.807, 2.05) is 18.2 Å². The summed E-state index contributed by atoms with van der Waals surface area (Å²) in [4.78, 5) is 13.0. The Labute approximate surface area is 217 Å². The van der Waals surface area contributed by atoms with E-state index in [1.54, 1.807) is 24.3 Å². The van der Waals surface area contributed by atoms with Crippen molar-refractivity contribution in [3.8, 4) is 5.75 Å². The second-order valence-electron chi connectivity index (χ2n) is 11.5. The third kappa shape index (κ3) is 5.06. The minimum atomic E-state index is -0.881. The quantitative estimate of drug-likeness (QED) is 0.480. The number of rotatable bonds is 6. The van der Waals surface area contributed by atoms with E-state index < -0.39 is 11.0 Å². The Bertz CT molecular complexity index is 1120. The van der Waals surface area contributed by atoms with Gasteiger partial charge in [-0.25, -0.2) is 0 Å². The number of fused-ring (bicyclic) bond motifs is 1. The van der Waals surface area contributed by atoms with Crippen LogP contribution in [0.1, 0.15) is 49.7 Å². The fourth-order valence-electron chi connectivity index (χ4n) is 6.75. The maximum Gasteiger partial charge on any atom is 0.224 e. The average Bonchev–Trinajstić information content (AvgIpc) is 3.60. The van der Waals surface area contributed by atoms with Crippen LogP contribution in [0.3, 0.4) is 0 Å². The van der Waals surface area contributed by atoms with Crippen molar-refractivity contribution in [3.05, 3.63) is 63.6 Å². The van der Waals surface area contributed by atoms with Crippen LogP contribution in [0.4, 0.5) is 0 Å². The normalized spacial score (nSPS) is 32.6. The highest BCUT2D eigenvalue weighted by atomic mass is 35.5. The number of likely N-dealkylation sites (N-methyl/N-ethyl adjacent to an activating group) is 1. The maximum atomic E-state index is 13.0. The largest absolute Gasteiger partial charge is 0.508 e. The summed E-state index contributed by atoms with van der Waals surface area (Å²) in [6, 6.07) is 12.6. The molecule has 1 unspecified atom stereocenters. The molecular formula is C28H35Cl2N2O3+. The Morgan fingerprint density at radius 1 is 1.11 bits per heavy atom. The molecule has 1 aliphatic heterocycles. The molecule has 2 aromatic rings. The number of halogens is 2. The smallest absolute Gasteiger partial charge is 0.224 e. The minimum absolute atomic E-state index is 0.0480. The molecule has 5 nitrogen and oxygen atoms in total. The second-order valence-corrected chi connectivity index (χ2v) is 12.3. The molecule has 4 atom stereocenters. The SMILES string of the molecule is C[N@+]1(CC2CC2)CC[C@@]2(c3cccc(O)c3)C[C@H](NC(=O)Cc3ccc(Cl)c(Cl)c3)CCC2(O)C1. The Morgan fingerprint density at radius 3 is 2.63 bits per heavy atom. The molecule has 5 rings (SSSR count). The van der Waals surface area contributed by atoms with E-state index in [9.17, 15) is 15.0 Å². The predicted molar refractivity (Wildman–Crippen MR) is 139 cm³/mol. The molecule has 1 heterocycles. The van der Waals surface area contributed by atoms with Gasteiger partial charge in [-0.15, -0.1) is 0 Å². The van der Waals surface area contributed by atoms with Crippen LogP contribution in [0, 0.1) is 5.92 Å². The Morgan fingerprint density at radius 2 is 1.91 bits per heavy atom. The van der Waals surface area contributed by atoms with Crippen LogP contribution >= 0.6 is 23.2 Å². The van der Waals surface area contributed by atoms with Gasteiger partial charge in [0.25, 0.3) is 0 Å². The highest BCUT2D eigenvalue weighted by Crippen LogP contribution is 2.53. The Balaban J connectivity index is 1.37. The van der Waals surface area contributed by atoms with Crippen LogP contribution in [0.5, 0.6) is 5.75 Å². The number of carbonyl (C=O) groups is 1. The maximum absolute atomic E-state index is 13.0. The van der Waals surface area contributed by atoms with Crippen molar-refractivity contribution >= 4 is 29.1 Å². The van der Waals surface area contributed by atoms with Gasteiger partial charge >= 0.3 is 0 Å². The number of quaternary nitrogens is 1. The van der Waals surface area contributed by atoms with Crippen molar-refractivity contribution in [1.82, 2.24) is 5.32 Å². The predicted octanol–water partition coefficient (Wildman–Crippen LogP) is 4.84. The molecule has 3 fully saturated rings. The number of hydrogen-bond acceptors (Lipinski definition) is 3. The summed E-state index contributed by atoms with van der Waals surface area (Å²) in [6.45, 7) is 2.82. The minimum Gasteiger partial charge on any atom is -0.508 e. The van der Waals surface area contributed by atoms with E-state index >= 15 is 0 Å². The van der Waals surface area contributed by atoms with Gasteiger partial charge in [0.15, 0.2) is 0 Å². The average molecular weight is 519 g/mol. The molecule has 2 aliphatic carbocycles. The van der Waals surface area contributed by atoms with E-state index in [0.29, 0.717) is 29.4 Å². The number of hydrogen-bond donors (Lipinski definition) is 3. The van der Waals surface area contributed by atoms with Crippen LogP contribution in [0.15, 0.2) is 42.5 Å². The number of phenols is 1. The first-order valence-corrected chi connectivity index (χ1v) is 13.4. The second kappa shape index (κ2) is 9.26. The topological polar surface area (TPSA) is 69.6 Å². The number of amides is 1. The zero-order valence-corrected chi connectivity index (χ0v) is 21.8. The molecule has 3 aliphatic rings. The third-order valence-electron chi connectivity index (χ3n) is 8.62. The van der Waals surface area contributed by atoms with Crippen LogP contribution < -0.4 is 5.32 Å². The van der Waals surface area contributed by atoms with Gasteiger partial charge in [0.2, 0.25) is 5.91 Å². The van der Waals surface area contributed by atoms with Gasteiger partial charge < -0.3 is 20.0 Å². The van der Waals surface area contributed by atoms with Gasteiger partial charge in [0.1, 0.15) is 17.9 Å². The van der Waals surface area contributed by atoms with E-state index in [4.69, 9.17) is 23.2 Å². The van der Waals surface area contributed by atoms with E-state index in [0.717, 1.165) is 47.5 Å². The molecule has 1 saturated heterocycles. The summed E-state index contributed by atoms with van der Waals surface area (Å²) >= 11 is 12.1. The molecule has 2 saturated carbocycles. The van der Waals surface area contributed by atoms with Gasteiger partial charge in [-0.05, 0) is 67.5 Å². The monoisotopic (exact) mass is 517 g/mol. The van der Waals surface area contributed by atoms with Crippen LogP contribution in [-0.4, -0.2) is 58.9 Å². The molecule has 0 spiro atoms. The van der Waals surface area contributed by atoms with Crippen molar-refractivity contribution in [1.29, 1.82) is 0 Å². The van der Waals surface area contributed by atoms with Crippen LogP contribution in [0.2, 0.25) is 10.0 Å². The summed E-state index contributed by atoms with van der Waals surface area (Å²) in [5, 5.41) is 26.7.